The summed E-state index contributed by atoms with van der Waals surface area (Å²) < 4.78 is 5.81. The third kappa shape index (κ3) is 2.98. The van der Waals surface area contributed by atoms with E-state index in [1.807, 2.05) is 32.9 Å². The van der Waals surface area contributed by atoms with Crippen LogP contribution in [0.5, 0.6) is 0 Å². The average Bonchev–Trinajstić information content (AvgIpc) is 2.80. The molecule has 2 rings (SSSR count). The number of carboxylic acid groups (broad SMARTS) is 1. The lowest BCUT2D eigenvalue weighted by Gasteiger charge is -2.15. The van der Waals surface area contributed by atoms with Gasteiger partial charge >= 0.3 is 5.97 Å². The number of hydrogen-bond donors (Lipinski definition) is 1. The molecular formula is C17H21NO4. The van der Waals surface area contributed by atoms with Crippen molar-refractivity contribution in [2.75, 3.05) is 13.6 Å². The van der Waals surface area contributed by atoms with Gasteiger partial charge in [-0.05, 0) is 38.3 Å². The number of carboxylic acids is 1. The summed E-state index contributed by atoms with van der Waals surface area (Å²) in [5.74, 6) is -0.727. The maximum Gasteiger partial charge on any atom is 0.303 e. The van der Waals surface area contributed by atoms with E-state index in [0.29, 0.717) is 18.7 Å². The quantitative estimate of drug-likeness (QED) is 0.920. The zero-order valence-corrected chi connectivity index (χ0v) is 13.4. The molecule has 1 amide bonds. The van der Waals surface area contributed by atoms with Crippen LogP contribution >= 0.6 is 0 Å². The van der Waals surface area contributed by atoms with E-state index in [2.05, 4.69) is 0 Å². The summed E-state index contributed by atoms with van der Waals surface area (Å²) in [6, 6.07) is 4.00. The molecule has 1 N–H and O–H groups in total. The molecule has 0 atom stereocenters. The van der Waals surface area contributed by atoms with Crippen LogP contribution in [0.15, 0.2) is 16.5 Å². The summed E-state index contributed by atoms with van der Waals surface area (Å²) in [4.78, 5) is 24.6. The van der Waals surface area contributed by atoms with Crippen LogP contribution < -0.4 is 0 Å². The largest absolute Gasteiger partial charge is 0.481 e. The minimum atomic E-state index is -0.855. The van der Waals surface area contributed by atoms with E-state index < -0.39 is 5.97 Å². The summed E-state index contributed by atoms with van der Waals surface area (Å²) >= 11 is 0. The van der Waals surface area contributed by atoms with Crippen LogP contribution in [0.25, 0.3) is 11.0 Å². The molecule has 0 saturated carbocycles. The van der Waals surface area contributed by atoms with E-state index in [4.69, 9.17) is 9.52 Å². The third-order valence-corrected chi connectivity index (χ3v) is 3.91. The lowest BCUT2D eigenvalue weighted by atomic mass is 10.0. The molecule has 0 aliphatic carbocycles. The third-order valence-electron chi connectivity index (χ3n) is 3.91. The van der Waals surface area contributed by atoms with Crippen molar-refractivity contribution in [3.05, 3.63) is 34.6 Å². The molecule has 22 heavy (non-hydrogen) atoms. The molecule has 1 aromatic heterocycles. The zero-order chi connectivity index (χ0) is 16.4. The fraction of sp³-hybridized carbons (Fsp3) is 0.412. The highest BCUT2D eigenvalue weighted by atomic mass is 16.4. The van der Waals surface area contributed by atoms with Gasteiger partial charge in [-0.3, -0.25) is 9.59 Å². The Morgan fingerprint density at radius 1 is 1.18 bits per heavy atom. The van der Waals surface area contributed by atoms with E-state index in [-0.39, 0.29) is 12.3 Å². The first-order valence-corrected chi connectivity index (χ1v) is 7.29. The monoisotopic (exact) mass is 303 g/mol. The molecule has 0 saturated heterocycles. The molecule has 5 nitrogen and oxygen atoms in total. The number of carbonyl (C=O) groups excluding carboxylic acids is 1. The molecule has 118 valence electrons. The molecule has 1 aromatic carbocycles. The maximum atomic E-state index is 12.5. The molecule has 0 bridgehead atoms. The number of nitrogens with zero attached hydrogens (tertiary/aromatic N) is 1. The molecule has 0 aliphatic heterocycles. The van der Waals surface area contributed by atoms with Crippen molar-refractivity contribution in [1.29, 1.82) is 0 Å². The highest BCUT2D eigenvalue weighted by Gasteiger charge is 2.22. The minimum absolute atomic E-state index is 0.0505. The van der Waals surface area contributed by atoms with Gasteiger partial charge in [0.15, 0.2) is 5.76 Å². The van der Waals surface area contributed by atoms with Gasteiger partial charge in [-0.2, -0.15) is 0 Å². The van der Waals surface area contributed by atoms with Gasteiger partial charge < -0.3 is 14.4 Å². The Morgan fingerprint density at radius 3 is 2.41 bits per heavy atom. The Labute approximate surface area is 129 Å². The Hall–Kier alpha value is -2.30. The fourth-order valence-electron chi connectivity index (χ4n) is 2.62. The zero-order valence-electron chi connectivity index (χ0n) is 13.4. The van der Waals surface area contributed by atoms with Gasteiger partial charge in [0.05, 0.1) is 0 Å². The summed E-state index contributed by atoms with van der Waals surface area (Å²) in [7, 11) is 1.66. The van der Waals surface area contributed by atoms with Gasteiger partial charge in [0.25, 0.3) is 5.91 Å². The van der Waals surface area contributed by atoms with Crippen molar-refractivity contribution in [2.45, 2.75) is 33.6 Å². The minimum Gasteiger partial charge on any atom is -0.481 e. The van der Waals surface area contributed by atoms with E-state index in [1.54, 1.807) is 7.05 Å². The smallest absolute Gasteiger partial charge is 0.303 e. The van der Waals surface area contributed by atoms with Crippen molar-refractivity contribution >= 4 is 22.8 Å². The van der Waals surface area contributed by atoms with Crippen LogP contribution in [-0.4, -0.2) is 35.5 Å². The van der Waals surface area contributed by atoms with Crippen molar-refractivity contribution in [3.63, 3.8) is 0 Å². The fourth-order valence-corrected chi connectivity index (χ4v) is 2.62. The second kappa shape index (κ2) is 6.22. The van der Waals surface area contributed by atoms with Gasteiger partial charge in [0, 0.05) is 31.0 Å². The SMILES string of the molecule is Cc1ccc(C)c2c(C)c(C(=O)N(C)CCCC(=O)O)oc12. The lowest BCUT2D eigenvalue weighted by Crippen LogP contribution is -2.28. The predicted octanol–water partition coefficient (Wildman–Crippen LogP) is 3.29. The van der Waals surface area contributed by atoms with Crippen LogP contribution in [0.1, 0.15) is 40.1 Å². The highest BCUT2D eigenvalue weighted by Crippen LogP contribution is 2.31. The molecule has 2 aromatic rings. The maximum absolute atomic E-state index is 12.5. The number of furan rings is 1. The average molecular weight is 303 g/mol. The number of aryl methyl sites for hydroxylation is 3. The first kappa shape index (κ1) is 16.1. The van der Waals surface area contributed by atoms with Gasteiger partial charge in [-0.25, -0.2) is 0 Å². The molecule has 0 aliphatic rings. The van der Waals surface area contributed by atoms with E-state index in [0.717, 1.165) is 27.7 Å². The Bertz CT molecular complexity index is 730. The molecule has 5 heteroatoms. The van der Waals surface area contributed by atoms with Crippen LogP contribution in [-0.2, 0) is 4.79 Å². The first-order valence-electron chi connectivity index (χ1n) is 7.29. The summed E-state index contributed by atoms with van der Waals surface area (Å²) in [5.41, 5.74) is 3.66. The summed E-state index contributed by atoms with van der Waals surface area (Å²) in [6.07, 6.45) is 0.476. The number of aliphatic carboxylic acids is 1. The standard InChI is InChI=1S/C17H21NO4/c1-10-7-8-11(2)15-14(10)12(3)16(22-15)17(21)18(4)9-5-6-13(19)20/h7-8H,5-6,9H2,1-4H3,(H,19,20). The van der Waals surface area contributed by atoms with Crippen molar-refractivity contribution in [3.8, 4) is 0 Å². The van der Waals surface area contributed by atoms with E-state index in [1.165, 1.54) is 4.90 Å². The second-order valence-electron chi connectivity index (χ2n) is 5.68. The summed E-state index contributed by atoms with van der Waals surface area (Å²) in [6.45, 7) is 6.22. The summed E-state index contributed by atoms with van der Waals surface area (Å²) in [5, 5.41) is 9.65. The molecule has 1 heterocycles. The van der Waals surface area contributed by atoms with Crippen LogP contribution in [0.2, 0.25) is 0 Å². The normalized spacial score (nSPS) is 10.9. The van der Waals surface area contributed by atoms with Crippen LogP contribution in [0.4, 0.5) is 0 Å². The predicted molar refractivity (Wildman–Crippen MR) is 84.3 cm³/mol. The number of rotatable bonds is 5. The Kier molecular flexibility index (Phi) is 4.54. The second-order valence-corrected chi connectivity index (χ2v) is 5.68. The highest BCUT2D eigenvalue weighted by molar-refractivity contribution is 6.00. The van der Waals surface area contributed by atoms with E-state index >= 15 is 0 Å². The molecule has 0 unspecified atom stereocenters. The number of hydrogen-bond acceptors (Lipinski definition) is 3. The van der Waals surface area contributed by atoms with Crippen LogP contribution in [0, 0.1) is 20.8 Å². The number of amides is 1. The molecule has 0 spiro atoms. The molecule has 0 radical (unpaired) electrons. The number of fused-ring (bicyclic) bond motifs is 1. The van der Waals surface area contributed by atoms with Gasteiger partial charge in [-0.15, -0.1) is 0 Å². The van der Waals surface area contributed by atoms with Crippen molar-refractivity contribution in [1.82, 2.24) is 4.90 Å². The molecular weight excluding hydrogens is 282 g/mol. The number of carbonyl (C=O) groups is 2. The first-order chi connectivity index (χ1) is 10.3. The van der Waals surface area contributed by atoms with Gasteiger partial charge in [-0.1, -0.05) is 12.1 Å². The van der Waals surface area contributed by atoms with Gasteiger partial charge in [0.2, 0.25) is 0 Å². The number of benzene rings is 1. The lowest BCUT2D eigenvalue weighted by molar-refractivity contribution is -0.137. The van der Waals surface area contributed by atoms with Crippen molar-refractivity contribution in [2.24, 2.45) is 0 Å². The molecule has 0 fully saturated rings. The van der Waals surface area contributed by atoms with Crippen LogP contribution in [0.3, 0.4) is 0 Å². The topological polar surface area (TPSA) is 70.8 Å². The van der Waals surface area contributed by atoms with Crippen molar-refractivity contribution < 1.29 is 19.1 Å². The Morgan fingerprint density at radius 2 is 1.82 bits per heavy atom. The van der Waals surface area contributed by atoms with E-state index in [9.17, 15) is 9.59 Å². The Balaban J connectivity index is 2.29. The van der Waals surface area contributed by atoms with Gasteiger partial charge in [0.1, 0.15) is 5.58 Å².